The third-order valence-corrected chi connectivity index (χ3v) is 5.21. The molecule has 2 N–H and O–H groups in total. The number of nitrogens with one attached hydrogen (secondary N) is 2. The average Bonchev–Trinajstić information content (AvgIpc) is 2.76. The maximum atomic E-state index is 12.1. The van der Waals surface area contributed by atoms with Crippen molar-refractivity contribution in [3.8, 4) is 5.75 Å². The zero-order chi connectivity index (χ0) is 23.1. The summed E-state index contributed by atoms with van der Waals surface area (Å²) in [5, 5.41) is 8.02. The van der Waals surface area contributed by atoms with E-state index in [2.05, 4.69) is 15.8 Å². The van der Waals surface area contributed by atoms with E-state index in [1.165, 1.54) is 6.21 Å². The lowest BCUT2D eigenvalue weighted by atomic mass is 10.2. The number of anilines is 1. The van der Waals surface area contributed by atoms with Crippen LogP contribution < -0.4 is 15.5 Å². The van der Waals surface area contributed by atoms with Gasteiger partial charge in [-0.05, 0) is 72.6 Å². The highest BCUT2D eigenvalue weighted by Gasteiger charge is 2.08. The van der Waals surface area contributed by atoms with Crippen molar-refractivity contribution in [2.45, 2.75) is 6.92 Å². The van der Waals surface area contributed by atoms with Crippen molar-refractivity contribution in [2.24, 2.45) is 5.10 Å². The Bertz CT molecular complexity index is 1160. The van der Waals surface area contributed by atoms with Crippen molar-refractivity contribution < 1.29 is 14.3 Å². The van der Waals surface area contributed by atoms with Gasteiger partial charge in [0.15, 0.2) is 6.61 Å². The maximum absolute atomic E-state index is 12.1. The molecule has 0 saturated heterocycles. The second kappa shape index (κ2) is 11.0. The van der Waals surface area contributed by atoms with Gasteiger partial charge in [-0.15, -0.1) is 0 Å². The molecule has 6 nitrogen and oxygen atoms in total. The second-order valence-corrected chi connectivity index (χ2v) is 7.95. The van der Waals surface area contributed by atoms with E-state index < -0.39 is 0 Å². The largest absolute Gasteiger partial charge is 0.482 e. The van der Waals surface area contributed by atoms with Crippen LogP contribution in [0.25, 0.3) is 0 Å². The number of benzene rings is 3. The lowest BCUT2D eigenvalue weighted by Gasteiger charge is -2.10. The fourth-order valence-corrected chi connectivity index (χ4v) is 3.11. The van der Waals surface area contributed by atoms with E-state index in [9.17, 15) is 9.59 Å². The molecule has 0 aromatic heterocycles. The Labute approximate surface area is 200 Å². The number of halogens is 3. The number of nitrogens with zero attached hydrogens (tertiary/aromatic N) is 1. The van der Waals surface area contributed by atoms with Gasteiger partial charge < -0.3 is 10.1 Å². The van der Waals surface area contributed by atoms with Crippen LogP contribution in [0.3, 0.4) is 0 Å². The molecule has 0 atom stereocenters. The molecule has 3 aromatic rings. The smallest absolute Gasteiger partial charge is 0.271 e. The highest BCUT2D eigenvalue weighted by atomic mass is 35.5. The standard InChI is InChI=1S/C23H18Cl3N3O3/c1-14-2-8-18(11-19(14)25)28-22(30)13-32-21-9-3-15(10-20(21)26)12-27-29-23(31)16-4-6-17(24)7-5-16/h2-12H,13H2,1H3,(H,28,30)(H,29,31)/b27-12+. The molecule has 9 heteroatoms. The molecule has 2 amide bonds. The van der Waals surface area contributed by atoms with E-state index in [0.717, 1.165) is 5.56 Å². The number of hydrogen-bond donors (Lipinski definition) is 2. The molecule has 0 bridgehead atoms. The SMILES string of the molecule is Cc1ccc(NC(=O)COc2ccc(/C=N/NC(=O)c3ccc(Cl)cc3)cc2Cl)cc1Cl. The van der Waals surface area contributed by atoms with Crippen LogP contribution in [-0.4, -0.2) is 24.6 Å². The van der Waals surface area contributed by atoms with Gasteiger partial charge >= 0.3 is 0 Å². The molecule has 0 aliphatic carbocycles. The van der Waals surface area contributed by atoms with Gasteiger partial charge in [0, 0.05) is 21.3 Å². The van der Waals surface area contributed by atoms with E-state index in [1.807, 2.05) is 13.0 Å². The highest BCUT2D eigenvalue weighted by molar-refractivity contribution is 6.32. The Balaban J connectivity index is 1.52. The fourth-order valence-electron chi connectivity index (χ4n) is 2.56. The molecule has 0 spiro atoms. The summed E-state index contributed by atoms with van der Waals surface area (Å²) in [5.74, 6) is -0.382. The van der Waals surface area contributed by atoms with E-state index >= 15 is 0 Å². The summed E-state index contributed by atoms with van der Waals surface area (Å²) >= 11 is 18.1. The first-order valence-electron chi connectivity index (χ1n) is 9.39. The number of hydrazone groups is 1. The van der Waals surface area contributed by atoms with Gasteiger partial charge in [0.05, 0.1) is 11.2 Å². The van der Waals surface area contributed by atoms with Crippen LogP contribution in [0, 0.1) is 6.92 Å². The van der Waals surface area contributed by atoms with Crippen molar-refractivity contribution in [2.75, 3.05) is 11.9 Å². The summed E-state index contributed by atoms with van der Waals surface area (Å²) in [4.78, 5) is 24.1. The minimum absolute atomic E-state index is 0.226. The molecule has 0 radical (unpaired) electrons. The number of ether oxygens (including phenoxy) is 1. The predicted molar refractivity (Wildman–Crippen MR) is 128 cm³/mol. The van der Waals surface area contributed by atoms with E-state index in [0.29, 0.717) is 37.6 Å². The summed E-state index contributed by atoms with van der Waals surface area (Å²) in [6, 6.07) is 16.6. The molecule has 164 valence electrons. The molecular formula is C23H18Cl3N3O3. The minimum atomic E-state index is -0.371. The average molecular weight is 491 g/mol. The van der Waals surface area contributed by atoms with Crippen LogP contribution in [0.2, 0.25) is 15.1 Å². The molecule has 0 unspecified atom stereocenters. The fraction of sp³-hybridized carbons (Fsp3) is 0.0870. The summed E-state index contributed by atoms with van der Waals surface area (Å²) in [6.07, 6.45) is 1.44. The first-order chi connectivity index (χ1) is 15.3. The van der Waals surface area contributed by atoms with Gasteiger partial charge in [-0.1, -0.05) is 40.9 Å². The molecule has 3 aromatic carbocycles. The molecule has 3 rings (SSSR count). The normalized spacial score (nSPS) is 10.8. The predicted octanol–water partition coefficient (Wildman–Crippen LogP) is 5.74. The second-order valence-electron chi connectivity index (χ2n) is 6.70. The van der Waals surface area contributed by atoms with Crippen LogP contribution >= 0.6 is 34.8 Å². The van der Waals surface area contributed by atoms with Gasteiger partial charge in [-0.3, -0.25) is 9.59 Å². The minimum Gasteiger partial charge on any atom is -0.482 e. The maximum Gasteiger partial charge on any atom is 0.271 e. The Morgan fingerprint density at radius 2 is 1.72 bits per heavy atom. The van der Waals surface area contributed by atoms with Gasteiger partial charge in [0.2, 0.25) is 0 Å². The number of carbonyl (C=O) groups is 2. The Morgan fingerprint density at radius 3 is 2.41 bits per heavy atom. The number of aryl methyl sites for hydroxylation is 1. The Kier molecular flexibility index (Phi) is 8.11. The summed E-state index contributed by atoms with van der Waals surface area (Å²) in [6.45, 7) is 1.65. The molecule has 32 heavy (non-hydrogen) atoms. The molecule has 0 aliphatic heterocycles. The number of hydrogen-bond acceptors (Lipinski definition) is 4. The lowest BCUT2D eigenvalue weighted by Crippen LogP contribution is -2.20. The molecule has 0 saturated carbocycles. The van der Waals surface area contributed by atoms with Gasteiger partial charge in [0.1, 0.15) is 5.75 Å². The van der Waals surface area contributed by atoms with Gasteiger partial charge in [0.25, 0.3) is 11.8 Å². The van der Waals surface area contributed by atoms with E-state index in [4.69, 9.17) is 39.5 Å². The summed E-state index contributed by atoms with van der Waals surface area (Å²) in [7, 11) is 0. The van der Waals surface area contributed by atoms with Crippen LogP contribution in [-0.2, 0) is 4.79 Å². The quantitative estimate of drug-likeness (QED) is 0.327. The number of carbonyl (C=O) groups excluding carboxylic acids is 2. The summed E-state index contributed by atoms with van der Waals surface area (Å²) < 4.78 is 5.49. The monoisotopic (exact) mass is 489 g/mol. The number of amides is 2. The first kappa shape index (κ1) is 23.6. The van der Waals surface area contributed by atoms with Crippen molar-refractivity contribution in [3.05, 3.63) is 92.4 Å². The summed E-state index contributed by atoms with van der Waals surface area (Å²) in [5.41, 5.74) is 4.98. The van der Waals surface area contributed by atoms with Crippen LogP contribution in [0.5, 0.6) is 5.75 Å². The lowest BCUT2D eigenvalue weighted by molar-refractivity contribution is -0.118. The third-order valence-electron chi connectivity index (χ3n) is 4.26. The van der Waals surface area contributed by atoms with Crippen molar-refractivity contribution >= 4 is 58.5 Å². The van der Waals surface area contributed by atoms with Gasteiger partial charge in [-0.2, -0.15) is 5.10 Å². The van der Waals surface area contributed by atoms with Crippen LogP contribution in [0.1, 0.15) is 21.5 Å². The molecule has 0 heterocycles. The van der Waals surface area contributed by atoms with Crippen molar-refractivity contribution in [1.82, 2.24) is 5.43 Å². The Morgan fingerprint density at radius 1 is 0.969 bits per heavy atom. The van der Waals surface area contributed by atoms with Gasteiger partial charge in [-0.25, -0.2) is 5.43 Å². The molecule has 0 fully saturated rings. The highest BCUT2D eigenvalue weighted by Crippen LogP contribution is 2.25. The van der Waals surface area contributed by atoms with E-state index in [1.54, 1.807) is 54.6 Å². The Hall–Kier alpha value is -3.06. The number of rotatable bonds is 7. The zero-order valence-electron chi connectivity index (χ0n) is 16.9. The van der Waals surface area contributed by atoms with Crippen LogP contribution in [0.15, 0.2) is 65.8 Å². The third kappa shape index (κ3) is 6.72. The zero-order valence-corrected chi connectivity index (χ0v) is 19.1. The van der Waals surface area contributed by atoms with E-state index in [-0.39, 0.29) is 18.4 Å². The topological polar surface area (TPSA) is 79.8 Å². The molecular weight excluding hydrogens is 473 g/mol. The van der Waals surface area contributed by atoms with Crippen molar-refractivity contribution in [1.29, 1.82) is 0 Å². The van der Waals surface area contributed by atoms with Crippen LogP contribution in [0.4, 0.5) is 5.69 Å². The van der Waals surface area contributed by atoms with Crippen molar-refractivity contribution in [3.63, 3.8) is 0 Å². The first-order valence-corrected chi connectivity index (χ1v) is 10.5. The molecule has 0 aliphatic rings.